The molecule has 0 radical (unpaired) electrons. The predicted octanol–water partition coefficient (Wildman–Crippen LogP) is 2.77. The number of fused-ring (bicyclic) bond motifs is 1. The molecular formula is C14H17NOS. The molecule has 1 aliphatic rings. The highest BCUT2D eigenvalue weighted by Gasteiger charge is 2.21. The monoisotopic (exact) mass is 247 g/mol. The number of amides is 1. The summed E-state index contributed by atoms with van der Waals surface area (Å²) in [4.78, 5) is 14.2. The second kappa shape index (κ2) is 4.54. The summed E-state index contributed by atoms with van der Waals surface area (Å²) in [6, 6.07) is 2.03. The van der Waals surface area contributed by atoms with E-state index in [0.29, 0.717) is 0 Å². The van der Waals surface area contributed by atoms with E-state index in [1.807, 2.05) is 19.9 Å². The van der Waals surface area contributed by atoms with Gasteiger partial charge >= 0.3 is 0 Å². The zero-order valence-corrected chi connectivity index (χ0v) is 11.1. The molecule has 1 aromatic rings. The Morgan fingerprint density at radius 3 is 2.82 bits per heavy atom. The number of rotatable bonds is 2. The van der Waals surface area contributed by atoms with Crippen LogP contribution in [0.25, 0.3) is 0 Å². The van der Waals surface area contributed by atoms with Gasteiger partial charge in [-0.25, -0.2) is 0 Å². The molecule has 0 atom stereocenters. The van der Waals surface area contributed by atoms with Crippen LogP contribution in [0.2, 0.25) is 0 Å². The van der Waals surface area contributed by atoms with Crippen molar-refractivity contribution in [3.63, 3.8) is 0 Å². The highest BCUT2D eigenvalue weighted by Crippen LogP contribution is 2.29. The molecule has 0 saturated carbocycles. The van der Waals surface area contributed by atoms with Gasteiger partial charge in [0.15, 0.2) is 0 Å². The summed E-state index contributed by atoms with van der Waals surface area (Å²) in [6.07, 6.45) is 10.1. The molecule has 2 nitrogen and oxygen atoms in total. The third-order valence-corrected chi connectivity index (χ3v) is 4.24. The van der Waals surface area contributed by atoms with Gasteiger partial charge in [-0.2, -0.15) is 0 Å². The SMILES string of the molecule is C#CC(C)(C)NC(=O)c1cc2c(s1)CCCC2. The van der Waals surface area contributed by atoms with E-state index in [-0.39, 0.29) is 5.91 Å². The number of carbonyl (C=O) groups is 1. The molecule has 0 fully saturated rings. The van der Waals surface area contributed by atoms with E-state index in [1.54, 1.807) is 11.3 Å². The Hall–Kier alpha value is -1.27. The maximum atomic E-state index is 12.0. The topological polar surface area (TPSA) is 29.1 Å². The fraction of sp³-hybridized carbons (Fsp3) is 0.500. The second-order valence-electron chi connectivity index (χ2n) is 4.99. The van der Waals surface area contributed by atoms with Crippen molar-refractivity contribution in [2.24, 2.45) is 0 Å². The summed E-state index contributed by atoms with van der Waals surface area (Å²) in [5.74, 6) is 2.53. The molecule has 3 heteroatoms. The minimum absolute atomic E-state index is 0.0488. The molecule has 0 aromatic carbocycles. The number of carbonyl (C=O) groups excluding carboxylic acids is 1. The van der Waals surface area contributed by atoms with E-state index in [1.165, 1.54) is 23.3 Å². The molecule has 0 aliphatic heterocycles. The van der Waals surface area contributed by atoms with Crippen molar-refractivity contribution < 1.29 is 4.79 Å². The largest absolute Gasteiger partial charge is 0.336 e. The van der Waals surface area contributed by atoms with Crippen molar-refractivity contribution in [3.8, 4) is 12.3 Å². The van der Waals surface area contributed by atoms with Gasteiger partial charge in [0.05, 0.1) is 10.4 Å². The number of nitrogens with one attached hydrogen (secondary N) is 1. The van der Waals surface area contributed by atoms with Crippen LogP contribution in [0.3, 0.4) is 0 Å². The van der Waals surface area contributed by atoms with Crippen LogP contribution in [0.15, 0.2) is 6.07 Å². The summed E-state index contributed by atoms with van der Waals surface area (Å²) in [7, 11) is 0. The normalized spacial score (nSPS) is 14.9. The van der Waals surface area contributed by atoms with Crippen LogP contribution in [0.4, 0.5) is 0 Å². The van der Waals surface area contributed by atoms with Crippen molar-refractivity contribution in [1.82, 2.24) is 5.32 Å². The van der Waals surface area contributed by atoms with E-state index >= 15 is 0 Å². The molecule has 0 bridgehead atoms. The number of thiophene rings is 1. The third kappa shape index (κ3) is 2.70. The first-order valence-corrected chi connectivity index (χ1v) is 6.75. The van der Waals surface area contributed by atoms with Gasteiger partial charge in [-0.05, 0) is 51.2 Å². The molecule has 90 valence electrons. The average Bonchev–Trinajstić information content (AvgIpc) is 2.72. The summed E-state index contributed by atoms with van der Waals surface area (Å²) in [5, 5.41) is 2.87. The summed E-state index contributed by atoms with van der Waals surface area (Å²) < 4.78 is 0. The first-order chi connectivity index (χ1) is 8.02. The molecule has 1 aromatic heterocycles. The number of aryl methyl sites for hydroxylation is 2. The van der Waals surface area contributed by atoms with Crippen molar-refractivity contribution in [1.29, 1.82) is 0 Å². The highest BCUT2D eigenvalue weighted by atomic mass is 32.1. The van der Waals surface area contributed by atoms with Crippen molar-refractivity contribution in [2.45, 2.75) is 45.1 Å². The van der Waals surface area contributed by atoms with Gasteiger partial charge in [-0.15, -0.1) is 17.8 Å². The average molecular weight is 247 g/mol. The Labute approximate surface area is 106 Å². The molecule has 0 saturated heterocycles. The Bertz CT molecular complexity index is 455. The van der Waals surface area contributed by atoms with Crippen LogP contribution in [0, 0.1) is 12.3 Å². The van der Waals surface area contributed by atoms with E-state index in [9.17, 15) is 4.79 Å². The van der Waals surface area contributed by atoms with E-state index in [0.717, 1.165) is 17.7 Å². The van der Waals surface area contributed by atoms with E-state index < -0.39 is 5.54 Å². The molecule has 0 spiro atoms. The summed E-state index contributed by atoms with van der Waals surface area (Å²) >= 11 is 1.61. The van der Waals surface area contributed by atoms with Gasteiger partial charge in [0.25, 0.3) is 5.91 Å². The quantitative estimate of drug-likeness (QED) is 0.800. The molecule has 1 N–H and O–H groups in total. The van der Waals surface area contributed by atoms with Crippen molar-refractivity contribution in [3.05, 3.63) is 21.4 Å². The predicted molar refractivity (Wildman–Crippen MR) is 71.3 cm³/mol. The minimum Gasteiger partial charge on any atom is -0.336 e. The number of hydrogen-bond donors (Lipinski definition) is 1. The molecular weight excluding hydrogens is 230 g/mol. The lowest BCUT2D eigenvalue weighted by molar-refractivity contribution is 0.0934. The van der Waals surface area contributed by atoms with Gasteiger partial charge in [-0.1, -0.05) is 5.92 Å². The van der Waals surface area contributed by atoms with Crippen LogP contribution in [-0.4, -0.2) is 11.4 Å². The van der Waals surface area contributed by atoms with Crippen LogP contribution in [0.1, 0.15) is 46.8 Å². The standard InChI is InChI=1S/C14H17NOS/c1-4-14(2,3)15-13(16)12-9-10-7-5-6-8-11(10)17-12/h1,9H,5-8H2,2-3H3,(H,15,16). The van der Waals surface area contributed by atoms with Gasteiger partial charge in [0, 0.05) is 4.88 Å². The van der Waals surface area contributed by atoms with Crippen molar-refractivity contribution in [2.75, 3.05) is 0 Å². The maximum Gasteiger partial charge on any atom is 0.262 e. The fourth-order valence-electron chi connectivity index (χ4n) is 1.98. The third-order valence-electron chi connectivity index (χ3n) is 3.01. The van der Waals surface area contributed by atoms with Crippen molar-refractivity contribution >= 4 is 17.2 Å². The van der Waals surface area contributed by atoms with Gasteiger partial charge < -0.3 is 5.32 Å². The maximum absolute atomic E-state index is 12.0. The summed E-state index contributed by atoms with van der Waals surface area (Å²) in [5.41, 5.74) is 0.770. The van der Waals surface area contributed by atoms with Crippen LogP contribution < -0.4 is 5.32 Å². The van der Waals surface area contributed by atoms with Crippen LogP contribution >= 0.6 is 11.3 Å². The molecule has 17 heavy (non-hydrogen) atoms. The number of terminal acetylenes is 1. The fourth-order valence-corrected chi connectivity index (χ4v) is 3.13. The lowest BCUT2D eigenvalue weighted by Crippen LogP contribution is -2.41. The zero-order chi connectivity index (χ0) is 12.5. The lowest BCUT2D eigenvalue weighted by Gasteiger charge is -2.18. The Balaban J connectivity index is 2.15. The van der Waals surface area contributed by atoms with E-state index in [4.69, 9.17) is 6.42 Å². The lowest BCUT2D eigenvalue weighted by atomic mass is 9.99. The van der Waals surface area contributed by atoms with Crippen LogP contribution in [0.5, 0.6) is 0 Å². The van der Waals surface area contributed by atoms with E-state index in [2.05, 4.69) is 11.2 Å². The molecule has 0 unspecified atom stereocenters. The highest BCUT2D eigenvalue weighted by molar-refractivity contribution is 7.14. The Kier molecular flexibility index (Phi) is 3.26. The summed E-state index contributed by atoms with van der Waals surface area (Å²) in [6.45, 7) is 3.66. The molecule has 1 heterocycles. The Morgan fingerprint density at radius 1 is 1.47 bits per heavy atom. The first kappa shape index (κ1) is 12.2. The smallest absolute Gasteiger partial charge is 0.262 e. The number of hydrogen-bond acceptors (Lipinski definition) is 2. The van der Waals surface area contributed by atoms with Crippen LogP contribution in [-0.2, 0) is 12.8 Å². The Morgan fingerprint density at radius 2 is 2.18 bits per heavy atom. The minimum atomic E-state index is -0.582. The molecule has 2 rings (SSSR count). The first-order valence-electron chi connectivity index (χ1n) is 5.94. The zero-order valence-electron chi connectivity index (χ0n) is 10.3. The van der Waals surface area contributed by atoms with Gasteiger partial charge in [0.2, 0.25) is 0 Å². The molecule has 1 amide bonds. The molecule has 1 aliphatic carbocycles. The second-order valence-corrected chi connectivity index (χ2v) is 6.13. The van der Waals surface area contributed by atoms with Gasteiger partial charge in [0.1, 0.15) is 0 Å². The van der Waals surface area contributed by atoms with Gasteiger partial charge in [-0.3, -0.25) is 4.79 Å².